The molecule has 0 unspecified atom stereocenters. The molecule has 2 heteroatoms. The topological polar surface area (TPSA) is 29.1 Å². The van der Waals surface area contributed by atoms with Crippen LogP contribution in [0, 0.1) is 0 Å². The first-order chi connectivity index (χ1) is 4.72. The third kappa shape index (κ3) is 1.81. The minimum absolute atomic E-state index is 0.395. The molecule has 0 aromatic rings. The average molecular weight is 141 g/mol. The van der Waals surface area contributed by atoms with E-state index in [0.29, 0.717) is 17.9 Å². The van der Waals surface area contributed by atoms with Crippen LogP contribution in [0.15, 0.2) is 0 Å². The molecule has 0 amide bonds. The lowest BCUT2D eigenvalue weighted by molar-refractivity contribution is -0.121. The van der Waals surface area contributed by atoms with Gasteiger partial charge in [0.25, 0.3) is 0 Å². The standard InChI is InChI=1S/C8H15NO/c1-3-7-5-8(10)4-6(2)9-7/h6-7,9H,3-5H2,1-2H3/t6-,7+/m0/s1. The number of rotatable bonds is 1. The van der Waals surface area contributed by atoms with Crippen LogP contribution < -0.4 is 5.32 Å². The number of piperidine rings is 1. The Morgan fingerprint density at radius 2 is 2.30 bits per heavy atom. The lowest BCUT2D eigenvalue weighted by Gasteiger charge is -2.26. The number of Topliss-reactive ketones (excluding diaryl/α,β-unsaturated/α-hetero) is 1. The van der Waals surface area contributed by atoms with E-state index in [9.17, 15) is 4.79 Å². The molecular weight excluding hydrogens is 126 g/mol. The van der Waals surface area contributed by atoms with Gasteiger partial charge in [-0.15, -0.1) is 0 Å². The maximum atomic E-state index is 11.0. The van der Waals surface area contributed by atoms with Gasteiger partial charge in [-0.3, -0.25) is 4.79 Å². The van der Waals surface area contributed by atoms with E-state index in [-0.39, 0.29) is 0 Å². The van der Waals surface area contributed by atoms with Crippen LogP contribution in [0.5, 0.6) is 0 Å². The molecule has 1 saturated heterocycles. The predicted molar refractivity (Wildman–Crippen MR) is 40.9 cm³/mol. The summed E-state index contributed by atoms with van der Waals surface area (Å²) < 4.78 is 0. The molecule has 0 spiro atoms. The van der Waals surface area contributed by atoms with E-state index in [2.05, 4.69) is 19.2 Å². The Kier molecular flexibility index (Phi) is 2.44. The monoisotopic (exact) mass is 141 g/mol. The Balaban J connectivity index is 2.42. The van der Waals surface area contributed by atoms with Crippen molar-refractivity contribution in [2.24, 2.45) is 0 Å². The van der Waals surface area contributed by atoms with E-state index in [1.807, 2.05) is 0 Å². The largest absolute Gasteiger partial charge is 0.311 e. The molecule has 1 rings (SSSR count). The second-order valence-electron chi connectivity index (χ2n) is 3.12. The summed E-state index contributed by atoms with van der Waals surface area (Å²) in [6.07, 6.45) is 2.52. The molecular formula is C8H15NO. The van der Waals surface area contributed by atoms with Crippen molar-refractivity contribution in [2.45, 2.75) is 45.2 Å². The molecule has 0 bridgehead atoms. The summed E-state index contributed by atoms with van der Waals surface area (Å²) in [5.41, 5.74) is 0. The number of nitrogens with one attached hydrogen (secondary N) is 1. The fourth-order valence-electron chi connectivity index (χ4n) is 1.48. The third-order valence-corrected chi connectivity index (χ3v) is 2.02. The first-order valence-corrected chi connectivity index (χ1v) is 4.00. The van der Waals surface area contributed by atoms with E-state index in [1.54, 1.807) is 0 Å². The van der Waals surface area contributed by atoms with Crippen LogP contribution in [0.25, 0.3) is 0 Å². The number of ketones is 1. The Bertz CT molecular complexity index is 133. The molecule has 0 saturated carbocycles. The lowest BCUT2D eigenvalue weighted by Crippen LogP contribution is -2.43. The first-order valence-electron chi connectivity index (χ1n) is 4.00. The van der Waals surface area contributed by atoms with Gasteiger partial charge >= 0.3 is 0 Å². The van der Waals surface area contributed by atoms with Crippen LogP contribution in [0.1, 0.15) is 33.1 Å². The summed E-state index contributed by atoms with van der Waals surface area (Å²) in [5, 5.41) is 3.38. The summed E-state index contributed by atoms with van der Waals surface area (Å²) in [5.74, 6) is 0.415. The maximum absolute atomic E-state index is 11.0. The van der Waals surface area contributed by atoms with Crippen LogP contribution in [-0.2, 0) is 4.79 Å². The second-order valence-corrected chi connectivity index (χ2v) is 3.12. The van der Waals surface area contributed by atoms with Crippen molar-refractivity contribution in [2.75, 3.05) is 0 Å². The van der Waals surface area contributed by atoms with Gasteiger partial charge in [-0.1, -0.05) is 6.92 Å². The van der Waals surface area contributed by atoms with Crippen molar-refractivity contribution in [3.8, 4) is 0 Å². The van der Waals surface area contributed by atoms with Crippen LogP contribution in [-0.4, -0.2) is 17.9 Å². The summed E-state index contributed by atoms with van der Waals surface area (Å²) in [6.45, 7) is 4.18. The Morgan fingerprint density at radius 3 is 2.80 bits per heavy atom. The fourth-order valence-corrected chi connectivity index (χ4v) is 1.48. The van der Waals surface area contributed by atoms with Crippen molar-refractivity contribution in [3.05, 3.63) is 0 Å². The molecule has 1 aliphatic heterocycles. The lowest BCUT2D eigenvalue weighted by atomic mass is 9.97. The Morgan fingerprint density at radius 1 is 1.60 bits per heavy atom. The normalized spacial score (nSPS) is 34.4. The summed E-state index contributed by atoms with van der Waals surface area (Å²) in [4.78, 5) is 11.0. The molecule has 1 aliphatic rings. The smallest absolute Gasteiger partial charge is 0.136 e. The summed E-state index contributed by atoms with van der Waals surface area (Å²) in [7, 11) is 0. The van der Waals surface area contributed by atoms with Gasteiger partial charge in [-0.2, -0.15) is 0 Å². The Labute approximate surface area is 62.0 Å². The molecule has 58 valence electrons. The number of carbonyl (C=O) groups is 1. The van der Waals surface area contributed by atoms with Gasteiger partial charge < -0.3 is 5.32 Å². The molecule has 10 heavy (non-hydrogen) atoms. The van der Waals surface area contributed by atoms with E-state index in [0.717, 1.165) is 19.3 Å². The van der Waals surface area contributed by atoms with Gasteiger partial charge in [0.2, 0.25) is 0 Å². The van der Waals surface area contributed by atoms with Gasteiger partial charge in [-0.05, 0) is 13.3 Å². The first kappa shape index (κ1) is 7.73. The molecule has 1 heterocycles. The number of hydrogen-bond donors (Lipinski definition) is 1. The van der Waals surface area contributed by atoms with Gasteiger partial charge in [-0.25, -0.2) is 0 Å². The molecule has 2 nitrogen and oxygen atoms in total. The highest BCUT2D eigenvalue weighted by molar-refractivity contribution is 5.80. The highest BCUT2D eigenvalue weighted by Crippen LogP contribution is 2.10. The number of carbonyl (C=O) groups excluding carboxylic acids is 1. The molecule has 2 atom stereocenters. The van der Waals surface area contributed by atoms with Gasteiger partial charge in [0.05, 0.1) is 0 Å². The number of hydrogen-bond acceptors (Lipinski definition) is 2. The zero-order chi connectivity index (χ0) is 7.56. The highest BCUT2D eigenvalue weighted by atomic mass is 16.1. The van der Waals surface area contributed by atoms with E-state index in [1.165, 1.54) is 0 Å². The second kappa shape index (κ2) is 3.15. The molecule has 0 aromatic heterocycles. The van der Waals surface area contributed by atoms with Crippen molar-refractivity contribution in [1.29, 1.82) is 0 Å². The van der Waals surface area contributed by atoms with Gasteiger partial charge in [0.1, 0.15) is 5.78 Å². The zero-order valence-electron chi connectivity index (χ0n) is 6.68. The predicted octanol–water partition coefficient (Wildman–Crippen LogP) is 1.11. The van der Waals surface area contributed by atoms with Crippen molar-refractivity contribution in [3.63, 3.8) is 0 Å². The van der Waals surface area contributed by atoms with Crippen LogP contribution in [0.4, 0.5) is 0 Å². The van der Waals surface area contributed by atoms with Crippen molar-refractivity contribution in [1.82, 2.24) is 5.32 Å². The third-order valence-electron chi connectivity index (χ3n) is 2.02. The minimum atomic E-state index is 0.395. The average Bonchev–Trinajstić information content (AvgIpc) is 1.85. The van der Waals surface area contributed by atoms with Crippen LogP contribution >= 0.6 is 0 Å². The van der Waals surface area contributed by atoms with Crippen molar-refractivity contribution >= 4 is 5.78 Å². The van der Waals surface area contributed by atoms with Gasteiger partial charge in [0, 0.05) is 24.9 Å². The summed E-state index contributed by atoms with van der Waals surface area (Å²) >= 11 is 0. The van der Waals surface area contributed by atoms with Crippen molar-refractivity contribution < 1.29 is 4.79 Å². The van der Waals surface area contributed by atoms with E-state index >= 15 is 0 Å². The molecule has 0 radical (unpaired) electrons. The van der Waals surface area contributed by atoms with E-state index < -0.39 is 0 Å². The Hall–Kier alpha value is -0.370. The van der Waals surface area contributed by atoms with Gasteiger partial charge in [0.15, 0.2) is 0 Å². The fraction of sp³-hybridized carbons (Fsp3) is 0.875. The van der Waals surface area contributed by atoms with E-state index in [4.69, 9.17) is 0 Å². The zero-order valence-corrected chi connectivity index (χ0v) is 6.68. The SMILES string of the molecule is CC[C@@H]1CC(=O)C[C@H](C)N1. The quantitative estimate of drug-likeness (QED) is 0.592. The highest BCUT2D eigenvalue weighted by Gasteiger charge is 2.21. The molecule has 1 N–H and O–H groups in total. The molecule has 0 aliphatic carbocycles. The molecule has 0 aromatic carbocycles. The van der Waals surface area contributed by atoms with Crippen LogP contribution in [0.3, 0.4) is 0 Å². The van der Waals surface area contributed by atoms with Crippen LogP contribution in [0.2, 0.25) is 0 Å². The summed E-state index contributed by atoms with van der Waals surface area (Å²) in [6, 6.07) is 0.836. The maximum Gasteiger partial charge on any atom is 0.136 e. The minimum Gasteiger partial charge on any atom is -0.311 e. The molecule has 1 fully saturated rings.